The van der Waals surface area contributed by atoms with E-state index in [0.717, 1.165) is 5.56 Å². The Morgan fingerprint density at radius 2 is 2.27 bits per heavy atom. The third-order valence-electron chi connectivity index (χ3n) is 4.17. The van der Waals surface area contributed by atoms with Crippen LogP contribution in [0.3, 0.4) is 0 Å². The van der Waals surface area contributed by atoms with Crippen molar-refractivity contribution in [3.8, 4) is 0 Å². The van der Waals surface area contributed by atoms with Gasteiger partial charge in [0.15, 0.2) is 5.03 Å². The van der Waals surface area contributed by atoms with E-state index in [2.05, 4.69) is 15.0 Å². The molecule has 1 atom stereocenters. The molecule has 1 aliphatic rings. The number of halogens is 1. The van der Waals surface area contributed by atoms with E-state index in [0.29, 0.717) is 24.7 Å². The molecule has 2 aromatic rings. The maximum Gasteiger partial charge on any atom is 0.260 e. The number of hydrogen-bond donors (Lipinski definition) is 2. The van der Waals surface area contributed by atoms with Crippen molar-refractivity contribution in [3.05, 3.63) is 47.4 Å². The average molecular weight is 398 g/mol. The highest BCUT2D eigenvalue weighted by Crippen LogP contribution is 2.24. The van der Waals surface area contributed by atoms with E-state index >= 15 is 0 Å². The second-order valence-electron chi connectivity index (χ2n) is 6.06. The zero-order valence-corrected chi connectivity index (χ0v) is 15.8. The minimum Gasteiger partial charge on any atom is -0.339 e. The number of hydrogen-bond acceptors (Lipinski definition) is 5. The highest BCUT2D eigenvalue weighted by Gasteiger charge is 2.29. The molecule has 26 heavy (non-hydrogen) atoms. The van der Waals surface area contributed by atoms with Gasteiger partial charge >= 0.3 is 0 Å². The van der Waals surface area contributed by atoms with Gasteiger partial charge in [-0.1, -0.05) is 23.7 Å². The van der Waals surface area contributed by atoms with Gasteiger partial charge in [0.25, 0.3) is 10.0 Å². The van der Waals surface area contributed by atoms with Crippen LogP contribution in [0.2, 0.25) is 5.02 Å². The Kier molecular flexibility index (Phi) is 5.61. The highest BCUT2D eigenvalue weighted by molar-refractivity contribution is 7.89. The number of carbonyl (C=O) groups is 1. The first kappa shape index (κ1) is 18.8. The first-order chi connectivity index (χ1) is 12.4. The van der Waals surface area contributed by atoms with E-state index in [4.69, 9.17) is 11.6 Å². The van der Waals surface area contributed by atoms with Gasteiger partial charge in [0, 0.05) is 37.9 Å². The maximum atomic E-state index is 12.7. The van der Waals surface area contributed by atoms with Crippen molar-refractivity contribution >= 4 is 27.5 Å². The lowest BCUT2D eigenvalue weighted by Crippen LogP contribution is -2.51. The van der Waals surface area contributed by atoms with Crippen molar-refractivity contribution in [1.29, 1.82) is 0 Å². The number of nitrogens with one attached hydrogen (secondary N) is 2. The molecule has 2 N–H and O–H groups in total. The minimum absolute atomic E-state index is 0.112. The lowest BCUT2D eigenvalue weighted by atomic mass is 10.0. The summed E-state index contributed by atoms with van der Waals surface area (Å²) in [5, 5.41) is 3.73. The quantitative estimate of drug-likeness (QED) is 0.767. The molecule has 0 bridgehead atoms. The number of aromatic nitrogens is 2. The second kappa shape index (κ2) is 7.75. The molecule has 10 heteroatoms. The lowest BCUT2D eigenvalue weighted by molar-refractivity contribution is -0.133. The van der Waals surface area contributed by atoms with E-state index in [9.17, 15) is 13.2 Å². The van der Waals surface area contributed by atoms with E-state index < -0.39 is 10.0 Å². The van der Waals surface area contributed by atoms with Crippen molar-refractivity contribution in [3.63, 3.8) is 0 Å². The Hall–Kier alpha value is -1.94. The summed E-state index contributed by atoms with van der Waals surface area (Å²) in [6, 6.07) is 7.13. The number of benzene rings is 1. The molecular weight excluding hydrogens is 378 g/mol. The van der Waals surface area contributed by atoms with Crippen LogP contribution in [0.15, 0.2) is 41.8 Å². The van der Waals surface area contributed by atoms with Crippen LogP contribution in [0.25, 0.3) is 0 Å². The average Bonchev–Trinajstić information content (AvgIpc) is 3.07. The molecule has 1 amide bonds. The predicted molar refractivity (Wildman–Crippen MR) is 97.2 cm³/mol. The number of rotatable bonds is 5. The molecule has 8 nitrogen and oxygen atoms in total. The highest BCUT2D eigenvalue weighted by atomic mass is 35.5. The van der Waals surface area contributed by atoms with Gasteiger partial charge in [-0.15, -0.1) is 0 Å². The van der Waals surface area contributed by atoms with Crippen molar-refractivity contribution in [2.24, 2.45) is 7.05 Å². The molecule has 0 saturated carbocycles. The molecule has 1 aromatic carbocycles. The summed E-state index contributed by atoms with van der Waals surface area (Å²) in [5.74, 6) is -0.295. The Morgan fingerprint density at radius 1 is 1.46 bits per heavy atom. The van der Waals surface area contributed by atoms with Crippen LogP contribution < -0.4 is 10.0 Å². The predicted octanol–water partition coefficient (Wildman–Crippen LogP) is 0.525. The van der Waals surface area contributed by atoms with Gasteiger partial charge in [-0.05, 0) is 17.7 Å². The van der Waals surface area contributed by atoms with Gasteiger partial charge in [-0.2, -0.15) is 0 Å². The largest absolute Gasteiger partial charge is 0.339 e. The fourth-order valence-corrected chi connectivity index (χ4v) is 4.03. The minimum atomic E-state index is -3.83. The molecule has 1 saturated heterocycles. The molecule has 1 aliphatic heterocycles. The summed E-state index contributed by atoms with van der Waals surface area (Å²) in [5.41, 5.74) is 0.908. The van der Waals surface area contributed by atoms with Crippen molar-refractivity contribution < 1.29 is 13.2 Å². The van der Waals surface area contributed by atoms with Crippen molar-refractivity contribution in [2.45, 2.75) is 11.1 Å². The molecule has 1 unspecified atom stereocenters. The molecule has 0 spiro atoms. The van der Waals surface area contributed by atoms with E-state index in [-0.39, 0.29) is 23.5 Å². The van der Waals surface area contributed by atoms with Gasteiger partial charge in [0.2, 0.25) is 5.91 Å². The molecular formula is C16H20ClN5O3S. The van der Waals surface area contributed by atoms with Gasteiger partial charge in [0.05, 0.1) is 18.9 Å². The van der Waals surface area contributed by atoms with Crippen LogP contribution in [0, 0.1) is 0 Å². The van der Waals surface area contributed by atoms with E-state index in [1.807, 2.05) is 18.2 Å². The molecule has 0 radical (unpaired) electrons. The number of imidazole rings is 1. The summed E-state index contributed by atoms with van der Waals surface area (Å²) in [4.78, 5) is 18.1. The molecule has 1 aromatic heterocycles. The lowest BCUT2D eigenvalue weighted by Gasteiger charge is -2.36. The summed E-state index contributed by atoms with van der Waals surface area (Å²) >= 11 is 6.06. The van der Waals surface area contributed by atoms with Gasteiger partial charge in [-0.3, -0.25) is 4.79 Å². The number of sulfonamides is 1. The Bertz CT molecular complexity index is 899. The normalized spacial score (nSPS) is 18.1. The SMILES string of the molecule is Cn1cnc(S(=O)(=O)NCC(=O)N2CCNCC2c2cccc(Cl)c2)c1. The topological polar surface area (TPSA) is 96.3 Å². The first-order valence-corrected chi connectivity index (χ1v) is 9.96. The zero-order valence-electron chi connectivity index (χ0n) is 14.2. The summed E-state index contributed by atoms with van der Waals surface area (Å²) < 4.78 is 28.3. The molecule has 140 valence electrons. The second-order valence-corrected chi connectivity index (χ2v) is 8.21. The third kappa shape index (κ3) is 4.24. The molecule has 3 rings (SSSR count). The molecule has 2 heterocycles. The van der Waals surface area contributed by atoms with Crippen LogP contribution in [-0.4, -0.2) is 55.0 Å². The Labute approximate surface area is 157 Å². The number of aryl methyl sites for hydroxylation is 1. The summed E-state index contributed by atoms with van der Waals surface area (Å²) in [6.07, 6.45) is 2.77. The number of nitrogens with zero attached hydrogens (tertiary/aromatic N) is 3. The smallest absolute Gasteiger partial charge is 0.260 e. The van der Waals surface area contributed by atoms with Crippen LogP contribution >= 0.6 is 11.6 Å². The monoisotopic (exact) mass is 397 g/mol. The van der Waals surface area contributed by atoms with Gasteiger partial charge in [-0.25, -0.2) is 18.1 Å². The van der Waals surface area contributed by atoms with Crippen molar-refractivity contribution in [2.75, 3.05) is 26.2 Å². The number of amides is 1. The van der Waals surface area contributed by atoms with Crippen LogP contribution in [0.4, 0.5) is 0 Å². The van der Waals surface area contributed by atoms with Crippen LogP contribution in [-0.2, 0) is 21.9 Å². The number of piperazine rings is 1. The van der Waals surface area contributed by atoms with Crippen LogP contribution in [0.5, 0.6) is 0 Å². The fraction of sp³-hybridized carbons (Fsp3) is 0.375. The van der Waals surface area contributed by atoms with E-state index in [1.165, 1.54) is 17.1 Å². The molecule has 0 aliphatic carbocycles. The Balaban J connectivity index is 1.71. The Morgan fingerprint density at radius 3 is 2.96 bits per heavy atom. The number of carbonyl (C=O) groups excluding carboxylic acids is 1. The zero-order chi connectivity index (χ0) is 18.7. The summed E-state index contributed by atoms with van der Waals surface area (Å²) in [6.45, 7) is 1.40. The first-order valence-electron chi connectivity index (χ1n) is 8.10. The maximum absolute atomic E-state index is 12.7. The summed E-state index contributed by atoms with van der Waals surface area (Å²) in [7, 11) is -2.15. The van der Waals surface area contributed by atoms with E-state index in [1.54, 1.807) is 18.0 Å². The standard InChI is InChI=1S/C16H20ClN5O3S/c1-21-10-15(19-11-21)26(24,25)20-9-16(23)22-6-5-18-8-14(22)12-3-2-4-13(17)7-12/h2-4,7,10-11,14,18,20H,5-6,8-9H2,1H3. The third-order valence-corrected chi connectivity index (χ3v) is 5.69. The van der Waals surface area contributed by atoms with Gasteiger partial charge < -0.3 is 14.8 Å². The van der Waals surface area contributed by atoms with Crippen molar-refractivity contribution in [1.82, 2.24) is 24.5 Å². The fourth-order valence-electron chi connectivity index (χ4n) is 2.87. The van der Waals surface area contributed by atoms with Crippen LogP contribution in [0.1, 0.15) is 11.6 Å². The molecule has 1 fully saturated rings. The van der Waals surface area contributed by atoms with Gasteiger partial charge in [0.1, 0.15) is 0 Å².